The van der Waals surface area contributed by atoms with Crippen molar-refractivity contribution in [2.24, 2.45) is 0 Å². The zero-order valence-electron chi connectivity index (χ0n) is 15.1. The van der Waals surface area contributed by atoms with E-state index in [0.29, 0.717) is 12.1 Å². The molecule has 3 heteroatoms. The number of hydrogen-bond acceptors (Lipinski definition) is 2. The Morgan fingerprint density at radius 2 is 1.83 bits per heavy atom. The van der Waals surface area contributed by atoms with Gasteiger partial charge in [-0.15, -0.1) is 0 Å². The molecule has 0 radical (unpaired) electrons. The van der Waals surface area contributed by atoms with Gasteiger partial charge in [-0.3, -0.25) is 0 Å². The predicted molar refractivity (Wildman–Crippen MR) is 99.1 cm³/mol. The summed E-state index contributed by atoms with van der Waals surface area (Å²) in [5.74, 6) is 6.72. The molecular weight excluding hydrogens is 281 g/mol. The lowest BCUT2D eigenvalue weighted by molar-refractivity contribution is 0.236. The first-order chi connectivity index (χ1) is 11.0. The highest BCUT2D eigenvalue weighted by atomic mass is 16.4. The molecule has 1 aromatic rings. The van der Waals surface area contributed by atoms with Crippen LogP contribution < -0.4 is 0 Å². The van der Waals surface area contributed by atoms with Crippen LogP contribution in [0, 0.1) is 11.8 Å². The van der Waals surface area contributed by atoms with Gasteiger partial charge in [0.25, 0.3) is 0 Å². The Kier molecular flexibility index (Phi) is 6.51. The molecule has 1 fully saturated rings. The third kappa shape index (κ3) is 4.50. The molecule has 0 aromatic heterocycles. The monoisotopic (exact) mass is 309 g/mol. The molecule has 0 saturated carbocycles. The Labute approximate surface area is 142 Å². The van der Waals surface area contributed by atoms with Crippen LogP contribution in [0.25, 0.3) is 0 Å². The molecule has 1 aromatic carbocycles. The van der Waals surface area contributed by atoms with Crippen molar-refractivity contribution in [3.05, 3.63) is 46.9 Å². The topological polar surface area (TPSA) is 12.5 Å². The Balaban J connectivity index is 2.33. The second-order valence-electron chi connectivity index (χ2n) is 6.58. The lowest BCUT2D eigenvalue weighted by atomic mass is 9.67. The molecule has 2 nitrogen and oxygen atoms in total. The van der Waals surface area contributed by atoms with Gasteiger partial charge in [-0.2, -0.15) is 0 Å². The van der Waals surface area contributed by atoms with Crippen molar-refractivity contribution < 1.29 is 4.65 Å². The van der Waals surface area contributed by atoms with Crippen molar-refractivity contribution in [2.45, 2.75) is 59.5 Å². The van der Waals surface area contributed by atoms with Crippen molar-refractivity contribution in [1.82, 2.24) is 4.81 Å². The van der Waals surface area contributed by atoms with Crippen molar-refractivity contribution in [1.29, 1.82) is 0 Å². The first-order valence-electron chi connectivity index (χ1n) is 8.72. The number of benzene rings is 1. The Hall–Kier alpha value is -1.50. The van der Waals surface area contributed by atoms with Gasteiger partial charge in [0.05, 0.1) is 0 Å². The van der Waals surface area contributed by atoms with E-state index in [-0.39, 0.29) is 7.05 Å². The number of hydrogen-bond donors (Lipinski definition) is 0. The molecular formula is C20H28BNO. The van der Waals surface area contributed by atoms with Crippen LogP contribution in [0.3, 0.4) is 0 Å². The summed E-state index contributed by atoms with van der Waals surface area (Å²) >= 11 is 0. The minimum atomic E-state index is 0.0787. The van der Waals surface area contributed by atoms with Gasteiger partial charge < -0.3 is 9.47 Å². The first-order valence-corrected chi connectivity index (χ1v) is 8.72. The molecule has 1 aliphatic heterocycles. The molecule has 0 spiro atoms. The molecule has 122 valence electrons. The maximum absolute atomic E-state index is 6.09. The van der Waals surface area contributed by atoms with Gasteiger partial charge in [0.1, 0.15) is 0 Å². The van der Waals surface area contributed by atoms with Crippen molar-refractivity contribution >= 4 is 7.05 Å². The van der Waals surface area contributed by atoms with Crippen LogP contribution >= 0.6 is 0 Å². The van der Waals surface area contributed by atoms with E-state index in [4.69, 9.17) is 4.65 Å². The van der Waals surface area contributed by atoms with E-state index in [1.165, 1.54) is 11.0 Å². The highest BCUT2D eigenvalue weighted by Crippen LogP contribution is 2.27. The van der Waals surface area contributed by atoms with Crippen molar-refractivity contribution in [3.8, 4) is 11.8 Å². The first kappa shape index (κ1) is 17.9. The average Bonchev–Trinajstić information content (AvgIpc) is 2.97. The third-order valence-electron chi connectivity index (χ3n) is 4.28. The smallest absolute Gasteiger partial charge is 0.415 e. The third-order valence-corrected chi connectivity index (χ3v) is 4.28. The molecule has 0 amide bonds. The summed E-state index contributed by atoms with van der Waals surface area (Å²) in [6, 6.07) is 11.1. The van der Waals surface area contributed by atoms with E-state index in [2.05, 4.69) is 63.4 Å². The number of allylic oxidation sites excluding steroid dienone is 1. The zero-order valence-corrected chi connectivity index (χ0v) is 15.1. The van der Waals surface area contributed by atoms with Crippen molar-refractivity contribution in [3.63, 3.8) is 0 Å². The quantitative estimate of drug-likeness (QED) is 0.607. The number of rotatable bonds is 4. The fraction of sp³-hybridized carbons (Fsp3) is 0.500. The average molecular weight is 309 g/mol. The minimum Gasteiger partial charge on any atom is -0.417 e. The largest absolute Gasteiger partial charge is 0.417 e. The SMILES string of the molecule is CC/C(C#Cc1ccccc1)=C1/CCOB1N(C(C)C)C(C)C. The minimum absolute atomic E-state index is 0.0787. The van der Waals surface area contributed by atoms with Gasteiger partial charge in [-0.05, 0) is 48.1 Å². The van der Waals surface area contributed by atoms with Crippen LogP contribution in [0.5, 0.6) is 0 Å². The van der Waals surface area contributed by atoms with Gasteiger partial charge in [0.2, 0.25) is 0 Å². The van der Waals surface area contributed by atoms with Crippen LogP contribution in [0.1, 0.15) is 53.0 Å². The molecule has 1 saturated heterocycles. The van der Waals surface area contributed by atoms with E-state index in [0.717, 1.165) is 25.0 Å². The van der Waals surface area contributed by atoms with Crippen LogP contribution in [0.2, 0.25) is 0 Å². The summed E-state index contributed by atoms with van der Waals surface area (Å²) in [4.78, 5) is 2.45. The van der Waals surface area contributed by atoms with E-state index < -0.39 is 0 Å². The molecule has 0 N–H and O–H groups in total. The molecule has 0 bridgehead atoms. The molecule has 0 aliphatic carbocycles. The lowest BCUT2D eigenvalue weighted by Crippen LogP contribution is -2.49. The molecule has 0 atom stereocenters. The van der Waals surface area contributed by atoms with Crippen LogP contribution in [0.4, 0.5) is 0 Å². The Bertz CT molecular complexity index is 587. The highest BCUT2D eigenvalue weighted by Gasteiger charge is 2.38. The van der Waals surface area contributed by atoms with Gasteiger partial charge in [-0.1, -0.05) is 64.7 Å². The van der Waals surface area contributed by atoms with Gasteiger partial charge in [0, 0.05) is 12.2 Å². The van der Waals surface area contributed by atoms with E-state index in [1.807, 2.05) is 18.2 Å². The second kappa shape index (κ2) is 8.38. The summed E-state index contributed by atoms with van der Waals surface area (Å²) in [5, 5.41) is 0. The van der Waals surface area contributed by atoms with Gasteiger partial charge in [0.15, 0.2) is 0 Å². The summed E-state index contributed by atoms with van der Waals surface area (Å²) in [5.41, 5.74) is 3.68. The molecule has 0 unspecified atom stereocenters. The summed E-state index contributed by atoms with van der Waals surface area (Å²) in [6.45, 7) is 11.9. The summed E-state index contributed by atoms with van der Waals surface area (Å²) in [7, 11) is 0.0787. The molecule has 23 heavy (non-hydrogen) atoms. The standard InChI is InChI=1S/C20H28BNO/c1-6-19(13-12-18-10-8-7-9-11-18)20-14-15-23-21(20)22(16(2)3)17(4)5/h7-11,16-17H,6,14-15H2,1-5H3/b20-19+. The maximum Gasteiger partial charge on any atom is 0.415 e. The number of nitrogens with zero attached hydrogens (tertiary/aromatic N) is 1. The fourth-order valence-corrected chi connectivity index (χ4v) is 3.27. The van der Waals surface area contributed by atoms with Crippen molar-refractivity contribution in [2.75, 3.05) is 6.61 Å². The molecule has 1 heterocycles. The normalized spacial score (nSPS) is 17.0. The van der Waals surface area contributed by atoms with E-state index >= 15 is 0 Å². The maximum atomic E-state index is 6.09. The Morgan fingerprint density at radius 3 is 2.39 bits per heavy atom. The van der Waals surface area contributed by atoms with Gasteiger partial charge >= 0.3 is 7.05 Å². The highest BCUT2D eigenvalue weighted by molar-refractivity contribution is 6.58. The lowest BCUT2D eigenvalue weighted by Gasteiger charge is -2.34. The summed E-state index contributed by atoms with van der Waals surface area (Å²) < 4.78 is 6.09. The van der Waals surface area contributed by atoms with Crippen LogP contribution in [-0.4, -0.2) is 30.6 Å². The molecule has 2 rings (SSSR count). The Morgan fingerprint density at radius 1 is 1.17 bits per heavy atom. The molecule has 1 aliphatic rings. The predicted octanol–water partition coefficient (Wildman–Crippen LogP) is 4.31. The van der Waals surface area contributed by atoms with Crippen LogP contribution in [0.15, 0.2) is 41.4 Å². The second-order valence-corrected chi connectivity index (χ2v) is 6.58. The van der Waals surface area contributed by atoms with E-state index in [1.54, 1.807) is 0 Å². The van der Waals surface area contributed by atoms with E-state index in [9.17, 15) is 0 Å². The van der Waals surface area contributed by atoms with Gasteiger partial charge in [-0.25, -0.2) is 0 Å². The summed E-state index contributed by atoms with van der Waals surface area (Å²) in [6.07, 6.45) is 1.95. The van der Waals surface area contributed by atoms with Crippen LogP contribution in [-0.2, 0) is 4.65 Å². The zero-order chi connectivity index (χ0) is 16.8. The fourth-order valence-electron chi connectivity index (χ4n) is 3.27.